The van der Waals surface area contributed by atoms with E-state index in [-0.39, 0.29) is 33.7 Å². The van der Waals surface area contributed by atoms with Crippen LogP contribution in [0.3, 0.4) is 0 Å². The molecule has 7 nitrogen and oxygen atoms in total. The lowest BCUT2D eigenvalue weighted by atomic mass is 9.98. The highest BCUT2D eigenvalue weighted by Crippen LogP contribution is 2.40. The Morgan fingerprint density at radius 3 is 2.19 bits per heavy atom. The van der Waals surface area contributed by atoms with Gasteiger partial charge in [0.15, 0.2) is 27.2 Å². The Labute approximate surface area is 243 Å². The standard InChI is InChI=1S/C30H24F5N3O4S/c1-17(2)28-36-26(27(42-28)18-7-10-21(11-8-18)41-29(31)32)23-16-20(19-5-4-6-22(15-19)43(3,39)40)9-12-24(23)38-14-13-25(37-38)30(33,34)35/h4-17,29H,1-3H3. The number of alkyl halides is 5. The first-order valence-electron chi connectivity index (χ1n) is 12.8. The van der Waals surface area contributed by atoms with E-state index < -0.39 is 28.3 Å². The molecule has 0 N–H and O–H groups in total. The second-order valence-corrected chi connectivity index (χ2v) is 12.0. The SMILES string of the molecule is CC(C)c1nc(-c2cc(-c3cccc(S(C)(=O)=O)c3)ccc2-n2ccc(C(F)(F)F)n2)c(-c2ccc(OC(F)F)cc2)o1. The van der Waals surface area contributed by atoms with Crippen LogP contribution in [0.25, 0.3) is 39.4 Å². The number of halogens is 5. The predicted molar refractivity (Wildman–Crippen MR) is 149 cm³/mol. The van der Waals surface area contributed by atoms with E-state index in [0.717, 1.165) is 17.0 Å². The second kappa shape index (κ2) is 11.3. The molecule has 0 aliphatic heterocycles. The van der Waals surface area contributed by atoms with E-state index >= 15 is 0 Å². The minimum Gasteiger partial charge on any atom is -0.440 e. The molecule has 0 spiro atoms. The zero-order chi connectivity index (χ0) is 31.1. The van der Waals surface area contributed by atoms with Crippen molar-refractivity contribution in [2.45, 2.75) is 37.4 Å². The molecule has 0 saturated heterocycles. The smallest absolute Gasteiger partial charge is 0.435 e. The number of oxazole rings is 1. The average molecular weight is 618 g/mol. The Hall–Kier alpha value is -4.52. The highest BCUT2D eigenvalue weighted by Gasteiger charge is 2.34. The van der Waals surface area contributed by atoms with E-state index in [1.807, 2.05) is 13.8 Å². The fourth-order valence-corrected chi connectivity index (χ4v) is 5.04. The summed E-state index contributed by atoms with van der Waals surface area (Å²) in [5.41, 5.74) is 1.26. The molecule has 3 aromatic carbocycles. The van der Waals surface area contributed by atoms with Crippen LogP contribution in [0, 0.1) is 0 Å². The second-order valence-electron chi connectivity index (χ2n) is 9.96. The molecule has 0 aliphatic carbocycles. The van der Waals surface area contributed by atoms with Gasteiger partial charge in [0.2, 0.25) is 0 Å². The van der Waals surface area contributed by atoms with Gasteiger partial charge in [0, 0.05) is 29.5 Å². The van der Waals surface area contributed by atoms with Gasteiger partial charge in [-0.05, 0) is 65.7 Å². The van der Waals surface area contributed by atoms with Crippen LogP contribution >= 0.6 is 0 Å². The molecule has 0 amide bonds. The normalized spacial score (nSPS) is 12.3. The van der Waals surface area contributed by atoms with Gasteiger partial charge in [-0.1, -0.05) is 32.0 Å². The van der Waals surface area contributed by atoms with E-state index in [1.54, 1.807) is 30.3 Å². The van der Waals surface area contributed by atoms with Crippen molar-refractivity contribution < 1.29 is 39.5 Å². The molecular weight excluding hydrogens is 593 g/mol. The van der Waals surface area contributed by atoms with Crippen molar-refractivity contribution in [2.24, 2.45) is 0 Å². The number of benzene rings is 3. The number of rotatable bonds is 8. The van der Waals surface area contributed by atoms with Crippen LogP contribution in [-0.2, 0) is 16.0 Å². The summed E-state index contributed by atoms with van der Waals surface area (Å²) in [7, 11) is -3.52. The van der Waals surface area contributed by atoms with Gasteiger partial charge in [0.05, 0.1) is 10.6 Å². The first kappa shape index (κ1) is 30.0. The topological polar surface area (TPSA) is 87.2 Å². The van der Waals surface area contributed by atoms with Gasteiger partial charge in [-0.15, -0.1) is 0 Å². The molecule has 224 valence electrons. The number of ether oxygens (including phenoxy) is 1. The number of aromatic nitrogens is 3. The van der Waals surface area contributed by atoms with Crippen molar-refractivity contribution in [3.63, 3.8) is 0 Å². The Balaban J connectivity index is 1.74. The molecule has 5 aromatic rings. The molecule has 2 heterocycles. The molecule has 0 radical (unpaired) electrons. The quantitative estimate of drug-likeness (QED) is 0.164. The lowest BCUT2D eigenvalue weighted by Crippen LogP contribution is -2.08. The molecule has 0 atom stereocenters. The van der Waals surface area contributed by atoms with E-state index in [4.69, 9.17) is 4.42 Å². The highest BCUT2D eigenvalue weighted by atomic mass is 32.2. The molecule has 0 bridgehead atoms. The minimum absolute atomic E-state index is 0.0754. The van der Waals surface area contributed by atoms with E-state index in [9.17, 15) is 30.4 Å². The largest absolute Gasteiger partial charge is 0.440 e. The third-order valence-electron chi connectivity index (χ3n) is 6.45. The zero-order valence-corrected chi connectivity index (χ0v) is 23.7. The summed E-state index contributed by atoms with van der Waals surface area (Å²) in [5.74, 6) is 0.297. The number of sulfone groups is 1. The molecule has 0 unspecified atom stereocenters. The first-order chi connectivity index (χ1) is 20.2. The van der Waals surface area contributed by atoms with Crippen molar-refractivity contribution in [1.82, 2.24) is 14.8 Å². The molecule has 0 saturated carbocycles. The predicted octanol–water partition coefficient (Wildman–Crippen LogP) is 8.01. The van der Waals surface area contributed by atoms with Gasteiger partial charge in [0.25, 0.3) is 0 Å². The maximum atomic E-state index is 13.4. The van der Waals surface area contributed by atoms with Gasteiger partial charge in [-0.3, -0.25) is 0 Å². The Morgan fingerprint density at radius 2 is 1.58 bits per heavy atom. The molecule has 2 aromatic heterocycles. The summed E-state index contributed by atoms with van der Waals surface area (Å²) in [4.78, 5) is 4.77. The van der Waals surface area contributed by atoms with Crippen LogP contribution in [0.15, 0.2) is 88.3 Å². The van der Waals surface area contributed by atoms with E-state index in [1.165, 1.54) is 42.6 Å². The lowest BCUT2D eigenvalue weighted by Gasteiger charge is -2.13. The Bertz CT molecular complexity index is 1880. The van der Waals surface area contributed by atoms with E-state index in [2.05, 4.69) is 14.8 Å². The monoisotopic (exact) mass is 617 g/mol. The third kappa shape index (κ3) is 6.46. The molecule has 13 heteroatoms. The highest BCUT2D eigenvalue weighted by molar-refractivity contribution is 7.90. The third-order valence-corrected chi connectivity index (χ3v) is 7.56. The van der Waals surface area contributed by atoms with Crippen LogP contribution in [0.4, 0.5) is 22.0 Å². The van der Waals surface area contributed by atoms with Crippen LogP contribution in [0.1, 0.15) is 31.4 Å². The van der Waals surface area contributed by atoms with Crippen molar-refractivity contribution in [3.8, 4) is 45.1 Å². The summed E-state index contributed by atoms with van der Waals surface area (Å²) in [6, 6.07) is 17.6. The summed E-state index contributed by atoms with van der Waals surface area (Å²) < 4.78 is 102. The summed E-state index contributed by atoms with van der Waals surface area (Å²) in [6.07, 6.45) is -2.42. The molecular formula is C30H24F5N3O4S. The fraction of sp³-hybridized carbons (Fsp3) is 0.200. The van der Waals surface area contributed by atoms with Gasteiger partial charge in [-0.2, -0.15) is 27.1 Å². The van der Waals surface area contributed by atoms with Crippen molar-refractivity contribution in [3.05, 3.63) is 90.6 Å². The maximum absolute atomic E-state index is 13.4. The van der Waals surface area contributed by atoms with Gasteiger partial charge in [0.1, 0.15) is 11.4 Å². The molecule has 0 fully saturated rings. The minimum atomic E-state index is -4.68. The van der Waals surface area contributed by atoms with Gasteiger partial charge in [-0.25, -0.2) is 18.1 Å². The van der Waals surface area contributed by atoms with Crippen molar-refractivity contribution >= 4 is 9.84 Å². The molecule has 5 rings (SSSR count). The van der Waals surface area contributed by atoms with Crippen molar-refractivity contribution in [2.75, 3.05) is 6.26 Å². The average Bonchev–Trinajstić information content (AvgIpc) is 3.61. The van der Waals surface area contributed by atoms with Crippen LogP contribution in [-0.4, -0.2) is 36.0 Å². The summed E-state index contributed by atoms with van der Waals surface area (Å²) in [5, 5.41) is 3.74. The number of hydrogen-bond donors (Lipinski definition) is 0. The lowest BCUT2D eigenvalue weighted by molar-refractivity contribution is -0.141. The van der Waals surface area contributed by atoms with Crippen LogP contribution in [0.2, 0.25) is 0 Å². The molecule has 0 aliphatic rings. The van der Waals surface area contributed by atoms with E-state index in [0.29, 0.717) is 28.1 Å². The fourth-order valence-electron chi connectivity index (χ4n) is 4.37. The molecule has 43 heavy (non-hydrogen) atoms. The first-order valence-corrected chi connectivity index (χ1v) is 14.7. The Morgan fingerprint density at radius 1 is 0.907 bits per heavy atom. The van der Waals surface area contributed by atoms with Crippen molar-refractivity contribution in [1.29, 1.82) is 0 Å². The zero-order valence-electron chi connectivity index (χ0n) is 22.9. The van der Waals surface area contributed by atoms with Gasteiger partial charge >= 0.3 is 12.8 Å². The van der Waals surface area contributed by atoms with Crippen LogP contribution < -0.4 is 4.74 Å². The summed E-state index contributed by atoms with van der Waals surface area (Å²) >= 11 is 0. The van der Waals surface area contributed by atoms with Crippen LogP contribution in [0.5, 0.6) is 5.75 Å². The summed E-state index contributed by atoms with van der Waals surface area (Å²) in [6.45, 7) is 0.674. The van der Waals surface area contributed by atoms with Gasteiger partial charge < -0.3 is 9.15 Å². The number of nitrogens with zero attached hydrogens (tertiary/aromatic N) is 3. The Kier molecular flexibility index (Phi) is 7.86. The maximum Gasteiger partial charge on any atom is 0.435 e. The number of hydrogen-bond acceptors (Lipinski definition) is 6.